The summed E-state index contributed by atoms with van der Waals surface area (Å²) in [6.45, 7) is 5.32. The average Bonchev–Trinajstić information content (AvgIpc) is 2.57. The van der Waals surface area contributed by atoms with Crippen LogP contribution in [0, 0.1) is 5.92 Å². The largest absolute Gasteiger partial charge is 0.497 e. The normalized spacial score (nSPS) is 13.5. The lowest BCUT2D eigenvalue weighted by atomic mass is 9.96. The van der Waals surface area contributed by atoms with E-state index in [1.54, 1.807) is 27.9 Å². The Morgan fingerprint density at radius 3 is 2.25 bits per heavy atom. The highest BCUT2D eigenvalue weighted by Gasteiger charge is 2.26. The van der Waals surface area contributed by atoms with Crippen molar-refractivity contribution in [3.05, 3.63) is 42.0 Å². The molecule has 0 aromatic heterocycles. The SMILES string of the molecule is COc1ccc2cc(C(C)C(=O)N[C@H](C(=O)O)C(C)C)ccc2c1. The fraction of sp³-hybridized carbons (Fsp3) is 0.368. The van der Waals surface area contributed by atoms with Crippen LogP contribution in [0.15, 0.2) is 36.4 Å². The number of rotatable bonds is 6. The van der Waals surface area contributed by atoms with Crippen molar-refractivity contribution in [1.82, 2.24) is 5.32 Å². The quantitative estimate of drug-likeness (QED) is 0.853. The molecule has 1 amide bonds. The van der Waals surface area contributed by atoms with Gasteiger partial charge in [0.1, 0.15) is 11.8 Å². The number of hydrogen-bond donors (Lipinski definition) is 2. The van der Waals surface area contributed by atoms with Crippen LogP contribution in [0.25, 0.3) is 10.8 Å². The van der Waals surface area contributed by atoms with Crippen molar-refractivity contribution in [2.24, 2.45) is 5.92 Å². The molecule has 0 heterocycles. The van der Waals surface area contributed by atoms with Gasteiger partial charge in [-0.05, 0) is 41.3 Å². The van der Waals surface area contributed by atoms with E-state index in [-0.39, 0.29) is 11.8 Å². The molecule has 2 atom stereocenters. The molecule has 0 saturated heterocycles. The third-order valence-corrected chi connectivity index (χ3v) is 4.20. The highest BCUT2D eigenvalue weighted by Crippen LogP contribution is 2.25. The third-order valence-electron chi connectivity index (χ3n) is 4.20. The molecule has 5 heteroatoms. The molecule has 5 nitrogen and oxygen atoms in total. The molecule has 128 valence electrons. The first-order valence-electron chi connectivity index (χ1n) is 7.94. The second kappa shape index (κ2) is 7.34. The van der Waals surface area contributed by atoms with Crippen molar-refractivity contribution in [3.63, 3.8) is 0 Å². The van der Waals surface area contributed by atoms with Crippen LogP contribution in [0.5, 0.6) is 5.75 Å². The van der Waals surface area contributed by atoms with Crippen molar-refractivity contribution < 1.29 is 19.4 Å². The predicted molar refractivity (Wildman–Crippen MR) is 93.3 cm³/mol. The summed E-state index contributed by atoms with van der Waals surface area (Å²) in [5, 5.41) is 13.9. The Balaban J connectivity index is 2.22. The Labute approximate surface area is 141 Å². The number of hydrogen-bond acceptors (Lipinski definition) is 3. The minimum atomic E-state index is -1.02. The fourth-order valence-corrected chi connectivity index (χ4v) is 2.58. The first kappa shape index (κ1) is 17.8. The monoisotopic (exact) mass is 329 g/mol. The smallest absolute Gasteiger partial charge is 0.326 e. The van der Waals surface area contributed by atoms with Gasteiger partial charge in [0.2, 0.25) is 5.91 Å². The number of benzene rings is 2. The standard InChI is InChI=1S/C19H23NO4/c1-11(2)17(19(22)23)20-18(21)12(3)13-5-6-15-10-16(24-4)8-7-14(15)9-13/h5-12,17H,1-4H3,(H,20,21)(H,22,23)/t12?,17-/m0/s1. The second-order valence-corrected chi connectivity index (χ2v) is 6.26. The average molecular weight is 329 g/mol. The summed E-state index contributed by atoms with van der Waals surface area (Å²) in [4.78, 5) is 23.6. The molecule has 1 unspecified atom stereocenters. The molecule has 24 heavy (non-hydrogen) atoms. The van der Waals surface area contributed by atoms with Gasteiger partial charge in [-0.15, -0.1) is 0 Å². The molecule has 0 aliphatic carbocycles. The molecule has 0 saturated carbocycles. The van der Waals surface area contributed by atoms with Crippen LogP contribution in [-0.2, 0) is 9.59 Å². The van der Waals surface area contributed by atoms with E-state index in [1.807, 2.05) is 36.4 Å². The van der Waals surface area contributed by atoms with Crippen molar-refractivity contribution in [2.75, 3.05) is 7.11 Å². The van der Waals surface area contributed by atoms with E-state index >= 15 is 0 Å². The zero-order chi connectivity index (χ0) is 17.9. The molecule has 2 rings (SSSR count). The molecule has 0 spiro atoms. The third kappa shape index (κ3) is 3.85. The number of carboxylic acid groups (broad SMARTS) is 1. The van der Waals surface area contributed by atoms with Gasteiger partial charge in [0.25, 0.3) is 0 Å². The van der Waals surface area contributed by atoms with Gasteiger partial charge in [0.05, 0.1) is 13.0 Å². The maximum Gasteiger partial charge on any atom is 0.326 e. The number of ether oxygens (including phenoxy) is 1. The van der Waals surface area contributed by atoms with Gasteiger partial charge in [-0.25, -0.2) is 4.79 Å². The van der Waals surface area contributed by atoms with Gasteiger partial charge in [-0.3, -0.25) is 4.79 Å². The van der Waals surface area contributed by atoms with E-state index < -0.39 is 17.9 Å². The van der Waals surface area contributed by atoms with E-state index in [0.717, 1.165) is 22.1 Å². The summed E-state index contributed by atoms with van der Waals surface area (Å²) in [6.07, 6.45) is 0. The summed E-state index contributed by atoms with van der Waals surface area (Å²) in [5.74, 6) is -1.14. The Morgan fingerprint density at radius 2 is 1.67 bits per heavy atom. The van der Waals surface area contributed by atoms with Gasteiger partial charge in [0, 0.05) is 0 Å². The minimum Gasteiger partial charge on any atom is -0.497 e. The van der Waals surface area contributed by atoms with E-state index in [0.29, 0.717) is 0 Å². The number of fused-ring (bicyclic) bond motifs is 1. The van der Waals surface area contributed by atoms with Crippen molar-refractivity contribution in [3.8, 4) is 5.75 Å². The van der Waals surface area contributed by atoms with Crippen molar-refractivity contribution in [1.29, 1.82) is 0 Å². The lowest BCUT2D eigenvalue weighted by Gasteiger charge is -2.21. The molecule has 2 N–H and O–H groups in total. The highest BCUT2D eigenvalue weighted by atomic mass is 16.5. The van der Waals surface area contributed by atoms with Crippen LogP contribution < -0.4 is 10.1 Å². The Morgan fingerprint density at radius 1 is 1.04 bits per heavy atom. The van der Waals surface area contributed by atoms with Gasteiger partial charge in [0.15, 0.2) is 0 Å². The van der Waals surface area contributed by atoms with E-state index in [9.17, 15) is 14.7 Å². The summed E-state index contributed by atoms with van der Waals surface area (Å²) >= 11 is 0. The maximum absolute atomic E-state index is 12.4. The number of carbonyl (C=O) groups excluding carboxylic acids is 1. The van der Waals surface area contributed by atoms with Crippen LogP contribution >= 0.6 is 0 Å². The Hall–Kier alpha value is -2.56. The van der Waals surface area contributed by atoms with Gasteiger partial charge in [-0.2, -0.15) is 0 Å². The van der Waals surface area contributed by atoms with Crippen LogP contribution in [0.4, 0.5) is 0 Å². The van der Waals surface area contributed by atoms with Crippen LogP contribution in [0.1, 0.15) is 32.3 Å². The molecule has 2 aromatic carbocycles. The molecule has 0 aliphatic heterocycles. The molecule has 0 bridgehead atoms. The summed E-state index contributed by atoms with van der Waals surface area (Å²) in [7, 11) is 1.62. The zero-order valence-electron chi connectivity index (χ0n) is 14.4. The fourth-order valence-electron chi connectivity index (χ4n) is 2.58. The number of nitrogens with one attached hydrogen (secondary N) is 1. The lowest BCUT2D eigenvalue weighted by molar-refractivity contribution is -0.143. The summed E-state index contributed by atoms with van der Waals surface area (Å²) < 4.78 is 5.21. The first-order chi connectivity index (χ1) is 11.3. The van der Waals surface area contributed by atoms with Gasteiger partial charge < -0.3 is 15.2 Å². The van der Waals surface area contributed by atoms with E-state index in [2.05, 4.69) is 5.32 Å². The van der Waals surface area contributed by atoms with Crippen LogP contribution in [0.2, 0.25) is 0 Å². The highest BCUT2D eigenvalue weighted by molar-refractivity contribution is 5.90. The Bertz CT molecular complexity index is 754. The molecule has 2 aromatic rings. The van der Waals surface area contributed by atoms with Gasteiger partial charge >= 0.3 is 5.97 Å². The molecular weight excluding hydrogens is 306 g/mol. The molecule has 0 fully saturated rings. The number of carbonyl (C=O) groups is 2. The van der Waals surface area contributed by atoms with Crippen LogP contribution in [0.3, 0.4) is 0 Å². The summed E-state index contributed by atoms with van der Waals surface area (Å²) in [5.41, 5.74) is 0.845. The summed E-state index contributed by atoms with van der Waals surface area (Å²) in [6, 6.07) is 10.6. The molecule has 0 aliphatic rings. The minimum absolute atomic E-state index is 0.178. The number of methoxy groups -OCH3 is 1. The predicted octanol–water partition coefficient (Wildman–Crippen LogP) is 3.18. The van der Waals surface area contributed by atoms with Crippen molar-refractivity contribution in [2.45, 2.75) is 32.7 Å². The number of amides is 1. The van der Waals surface area contributed by atoms with E-state index in [4.69, 9.17) is 4.74 Å². The molecule has 0 radical (unpaired) electrons. The maximum atomic E-state index is 12.4. The van der Waals surface area contributed by atoms with E-state index in [1.165, 1.54) is 0 Å². The molecular formula is C19H23NO4. The topological polar surface area (TPSA) is 75.6 Å². The number of carboxylic acids is 1. The zero-order valence-corrected chi connectivity index (χ0v) is 14.4. The van der Waals surface area contributed by atoms with Crippen LogP contribution in [-0.4, -0.2) is 30.1 Å². The van der Waals surface area contributed by atoms with Crippen molar-refractivity contribution >= 4 is 22.6 Å². The number of aliphatic carboxylic acids is 1. The lowest BCUT2D eigenvalue weighted by Crippen LogP contribution is -2.45. The Kier molecular flexibility index (Phi) is 5.44. The van der Waals surface area contributed by atoms with Gasteiger partial charge in [-0.1, -0.05) is 38.1 Å². The second-order valence-electron chi connectivity index (χ2n) is 6.26. The first-order valence-corrected chi connectivity index (χ1v) is 7.94.